The molecule has 0 aliphatic heterocycles. The fourth-order valence-electron chi connectivity index (χ4n) is 1.41. The molecule has 2 aromatic rings. The molecule has 15 heavy (non-hydrogen) atoms. The maximum absolute atomic E-state index is 10.3. The minimum atomic E-state index is -0.758. The second kappa shape index (κ2) is 4.04. The Morgan fingerprint density at radius 2 is 2.20 bits per heavy atom. The summed E-state index contributed by atoms with van der Waals surface area (Å²) in [6, 6.07) is 9.65. The summed E-state index contributed by atoms with van der Waals surface area (Å²) in [6.07, 6.45) is -0.219. The van der Waals surface area contributed by atoms with Crippen molar-refractivity contribution in [2.24, 2.45) is 5.73 Å². The number of carbonyl (C=O) groups is 1. The Balaban J connectivity index is 2.05. The summed E-state index contributed by atoms with van der Waals surface area (Å²) >= 11 is 0. The number of hydrogen-bond donors (Lipinski definition) is 1. The number of primary amides is 1. The van der Waals surface area contributed by atoms with E-state index >= 15 is 0 Å². The lowest BCUT2D eigenvalue weighted by atomic mass is 10.2. The van der Waals surface area contributed by atoms with Gasteiger partial charge >= 0.3 is 6.09 Å². The number of furan rings is 1. The van der Waals surface area contributed by atoms with E-state index in [9.17, 15) is 4.79 Å². The number of rotatable bonds is 3. The highest BCUT2D eigenvalue weighted by Crippen LogP contribution is 2.18. The van der Waals surface area contributed by atoms with Gasteiger partial charge in [0.25, 0.3) is 0 Å². The van der Waals surface area contributed by atoms with Gasteiger partial charge in [-0.3, -0.25) is 0 Å². The standard InChI is InChI=1S/C11H11NO3/c12-11(13)14-6-5-9-7-8-3-1-2-4-10(8)15-9/h1-4,7H,5-6H2,(H2,12,13). The summed E-state index contributed by atoms with van der Waals surface area (Å²) in [5.41, 5.74) is 5.68. The number of ether oxygens (including phenoxy) is 1. The van der Waals surface area contributed by atoms with Gasteiger partial charge in [-0.15, -0.1) is 0 Å². The Morgan fingerprint density at radius 1 is 1.40 bits per heavy atom. The lowest BCUT2D eigenvalue weighted by Crippen LogP contribution is -2.14. The van der Waals surface area contributed by atoms with Crippen LogP contribution in [0, 0.1) is 0 Å². The summed E-state index contributed by atoms with van der Waals surface area (Å²) in [7, 11) is 0. The molecule has 1 aromatic carbocycles. The number of fused-ring (bicyclic) bond motifs is 1. The zero-order chi connectivity index (χ0) is 10.7. The van der Waals surface area contributed by atoms with E-state index in [0.29, 0.717) is 6.42 Å². The minimum Gasteiger partial charge on any atom is -0.461 e. The number of nitrogens with two attached hydrogens (primary N) is 1. The van der Waals surface area contributed by atoms with Crippen LogP contribution in [0.2, 0.25) is 0 Å². The van der Waals surface area contributed by atoms with E-state index in [0.717, 1.165) is 16.7 Å². The molecular weight excluding hydrogens is 194 g/mol. The van der Waals surface area contributed by atoms with Gasteiger partial charge in [-0.1, -0.05) is 18.2 Å². The largest absolute Gasteiger partial charge is 0.461 e. The molecule has 4 heteroatoms. The van der Waals surface area contributed by atoms with Crippen LogP contribution in [0.1, 0.15) is 5.76 Å². The molecule has 0 saturated heterocycles. The topological polar surface area (TPSA) is 65.5 Å². The van der Waals surface area contributed by atoms with Crippen molar-refractivity contribution in [2.45, 2.75) is 6.42 Å². The molecule has 2 N–H and O–H groups in total. The quantitative estimate of drug-likeness (QED) is 0.834. The van der Waals surface area contributed by atoms with Crippen LogP contribution in [-0.2, 0) is 11.2 Å². The first-order valence-corrected chi connectivity index (χ1v) is 4.65. The number of amides is 1. The molecule has 1 amide bonds. The normalized spacial score (nSPS) is 10.4. The number of carbonyl (C=O) groups excluding carboxylic acids is 1. The summed E-state index contributed by atoms with van der Waals surface area (Å²) in [6.45, 7) is 0.245. The lowest BCUT2D eigenvalue weighted by molar-refractivity contribution is 0.156. The van der Waals surface area contributed by atoms with Crippen LogP contribution in [0.3, 0.4) is 0 Å². The molecule has 0 aliphatic carbocycles. The van der Waals surface area contributed by atoms with Crippen LogP contribution < -0.4 is 5.73 Å². The van der Waals surface area contributed by atoms with Crippen LogP contribution in [0.25, 0.3) is 11.0 Å². The summed E-state index contributed by atoms with van der Waals surface area (Å²) in [4.78, 5) is 10.3. The molecule has 1 heterocycles. The van der Waals surface area contributed by atoms with Gasteiger partial charge in [0.1, 0.15) is 18.0 Å². The van der Waals surface area contributed by atoms with Gasteiger partial charge in [-0.05, 0) is 12.1 Å². The molecule has 2 rings (SSSR count). The number of hydrogen-bond acceptors (Lipinski definition) is 3. The van der Waals surface area contributed by atoms with Gasteiger partial charge in [-0.2, -0.15) is 0 Å². The van der Waals surface area contributed by atoms with Crippen molar-refractivity contribution in [1.29, 1.82) is 0 Å². The van der Waals surface area contributed by atoms with Crippen LogP contribution in [0.15, 0.2) is 34.7 Å². The minimum absolute atomic E-state index is 0.245. The van der Waals surface area contributed by atoms with Crippen molar-refractivity contribution in [2.75, 3.05) is 6.61 Å². The molecule has 0 saturated carbocycles. The number of para-hydroxylation sites is 1. The summed E-state index contributed by atoms with van der Waals surface area (Å²) < 4.78 is 10.1. The van der Waals surface area contributed by atoms with E-state index in [2.05, 4.69) is 4.74 Å². The van der Waals surface area contributed by atoms with Crippen molar-refractivity contribution < 1.29 is 13.9 Å². The van der Waals surface area contributed by atoms with E-state index in [1.54, 1.807) is 0 Å². The fourth-order valence-corrected chi connectivity index (χ4v) is 1.41. The van der Waals surface area contributed by atoms with Crippen molar-refractivity contribution in [1.82, 2.24) is 0 Å². The predicted octanol–water partition coefficient (Wildman–Crippen LogP) is 2.07. The Bertz CT molecular complexity index is 442. The molecule has 0 aliphatic rings. The molecule has 78 valence electrons. The Labute approximate surface area is 86.6 Å². The fraction of sp³-hybridized carbons (Fsp3) is 0.182. The molecule has 0 bridgehead atoms. The molecule has 0 fully saturated rings. The first-order chi connectivity index (χ1) is 7.25. The Kier molecular flexibility index (Phi) is 2.58. The third-order valence-electron chi connectivity index (χ3n) is 2.07. The third-order valence-corrected chi connectivity index (χ3v) is 2.07. The van der Waals surface area contributed by atoms with Crippen LogP contribution in [-0.4, -0.2) is 12.7 Å². The van der Waals surface area contributed by atoms with Gasteiger partial charge < -0.3 is 14.9 Å². The second-order valence-electron chi connectivity index (χ2n) is 3.17. The Hall–Kier alpha value is -1.97. The molecule has 0 atom stereocenters. The summed E-state index contributed by atoms with van der Waals surface area (Å²) in [5, 5.41) is 1.05. The van der Waals surface area contributed by atoms with E-state index in [1.807, 2.05) is 30.3 Å². The van der Waals surface area contributed by atoms with Crippen LogP contribution in [0.5, 0.6) is 0 Å². The average molecular weight is 205 g/mol. The van der Waals surface area contributed by atoms with Gasteiger partial charge in [0, 0.05) is 11.8 Å². The molecular formula is C11H11NO3. The number of benzene rings is 1. The van der Waals surface area contributed by atoms with Gasteiger partial charge in [0.05, 0.1) is 0 Å². The molecule has 1 aromatic heterocycles. The SMILES string of the molecule is NC(=O)OCCc1cc2ccccc2o1. The maximum atomic E-state index is 10.3. The first-order valence-electron chi connectivity index (χ1n) is 4.65. The van der Waals surface area contributed by atoms with E-state index in [1.165, 1.54) is 0 Å². The van der Waals surface area contributed by atoms with Gasteiger partial charge in [0.2, 0.25) is 0 Å². The zero-order valence-electron chi connectivity index (χ0n) is 8.10. The van der Waals surface area contributed by atoms with Crippen molar-refractivity contribution >= 4 is 17.1 Å². The van der Waals surface area contributed by atoms with Crippen LogP contribution in [0.4, 0.5) is 4.79 Å². The maximum Gasteiger partial charge on any atom is 0.404 e. The van der Waals surface area contributed by atoms with Crippen molar-refractivity contribution in [3.63, 3.8) is 0 Å². The van der Waals surface area contributed by atoms with E-state index in [-0.39, 0.29) is 6.61 Å². The Morgan fingerprint density at radius 3 is 2.93 bits per heavy atom. The molecule has 0 spiro atoms. The highest BCUT2D eigenvalue weighted by atomic mass is 16.5. The first kappa shape index (κ1) is 9.58. The summed E-state index contributed by atoms with van der Waals surface area (Å²) in [5.74, 6) is 0.789. The molecule has 0 radical (unpaired) electrons. The third kappa shape index (κ3) is 2.28. The van der Waals surface area contributed by atoms with E-state index < -0.39 is 6.09 Å². The highest BCUT2D eigenvalue weighted by Gasteiger charge is 2.03. The monoisotopic (exact) mass is 205 g/mol. The van der Waals surface area contributed by atoms with Crippen molar-refractivity contribution in [3.05, 3.63) is 36.1 Å². The molecule has 0 unspecified atom stereocenters. The van der Waals surface area contributed by atoms with Gasteiger partial charge in [-0.25, -0.2) is 4.79 Å². The highest BCUT2D eigenvalue weighted by molar-refractivity contribution is 5.77. The van der Waals surface area contributed by atoms with Crippen LogP contribution >= 0.6 is 0 Å². The van der Waals surface area contributed by atoms with Gasteiger partial charge in [0.15, 0.2) is 0 Å². The smallest absolute Gasteiger partial charge is 0.404 e. The predicted molar refractivity (Wildman–Crippen MR) is 55.5 cm³/mol. The lowest BCUT2D eigenvalue weighted by Gasteiger charge is -1.97. The van der Waals surface area contributed by atoms with Crippen molar-refractivity contribution in [3.8, 4) is 0 Å². The zero-order valence-corrected chi connectivity index (χ0v) is 8.10. The van der Waals surface area contributed by atoms with E-state index in [4.69, 9.17) is 10.2 Å². The second-order valence-corrected chi connectivity index (χ2v) is 3.17. The molecule has 4 nitrogen and oxygen atoms in total. The average Bonchev–Trinajstić information content (AvgIpc) is 2.59.